The van der Waals surface area contributed by atoms with Crippen molar-refractivity contribution in [1.82, 2.24) is 26.3 Å². The maximum atomic E-state index is 13.9. The number of amides is 4. The zero-order valence-electron chi connectivity index (χ0n) is 29.6. The Kier molecular flexibility index (Phi) is 14.2. The zero-order chi connectivity index (χ0) is 37.5. The third-order valence-electron chi connectivity index (χ3n) is 8.04. The minimum Gasteiger partial charge on any atom is -0.480 e. The molecule has 3 aromatic carbocycles. The maximum absolute atomic E-state index is 13.9. The zero-order valence-corrected chi connectivity index (χ0v) is 29.6. The first kappa shape index (κ1) is 38.9. The summed E-state index contributed by atoms with van der Waals surface area (Å²) >= 11 is 0. The van der Waals surface area contributed by atoms with Crippen LogP contribution < -0.4 is 21.3 Å². The number of ether oxygens (including phenoxy) is 2. The number of carbonyl (C=O) groups is 5. The van der Waals surface area contributed by atoms with Gasteiger partial charge in [-0.1, -0.05) is 78.9 Å². The first-order chi connectivity index (χ1) is 24.9. The number of H-pyrrole nitrogens is 1. The number of aromatic amines is 1. The number of carboxylic acids is 1. The summed E-state index contributed by atoms with van der Waals surface area (Å²) in [6.07, 6.45) is 1.38. The second-order valence-electron chi connectivity index (χ2n) is 13.4. The van der Waals surface area contributed by atoms with E-state index in [-0.39, 0.29) is 32.4 Å². The van der Waals surface area contributed by atoms with Crippen molar-refractivity contribution in [2.24, 2.45) is 0 Å². The molecule has 6 N–H and O–H groups in total. The van der Waals surface area contributed by atoms with Crippen LogP contribution in [0.25, 0.3) is 10.9 Å². The SMILES string of the molecule is CC(C)(C)OC(=O)N[C@@H](Cc1ccccc1)C(=O)N[C@H](Cc1c[nH]c2ccccc12)C(=O)N[C@@H](CCCCNC(=O)OCc1ccccc1)C(=O)O. The highest BCUT2D eigenvalue weighted by Gasteiger charge is 2.31. The highest BCUT2D eigenvalue weighted by Crippen LogP contribution is 2.20. The van der Waals surface area contributed by atoms with Gasteiger partial charge < -0.3 is 40.8 Å². The number of fused-ring (bicyclic) bond motifs is 1. The van der Waals surface area contributed by atoms with Crippen molar-refractivity contribution < 1.29 is 38.6 Å². The summed E-state index contributed by atoms with van der Waals surface area (Å²) in [5, 5.41) is 21.5. The summed E-state index contributed by atoms with van der Waals surface area (Å²) in [5.41, 5.74) is 2.36. The summed E-state index contributed by atoms with van der Waals surface area (Å²) in [4.78, 5) is 68.0. The van der Waals surface area contributed by atoms with Gasteiger partial charge in [0.05, 0.1) is 0 Å². The van der Waals surface area contributed by atoms with Crippen molar-refractivity contribution >= 4 is 40.9 Å². The lowest BCUT2D eigenvalue weighted by Crippen LogP contribution is -2.57. The Labute approximate surface area is 302 Å². The molecule has 4 amide bonds. The standard InChI is InChI=1S/C39H47N5O8/c1-39(2,3)52-38(50)44-32(22-26-14-6-4-7-15-26)34(45)43-33(23-28-24-41-30-19-11-10-18-29(28)30)35(46)42-31(36(47)48)20-12-13-21-40-37(49)51-25-27-16-8-5-9-17-27/h4-11,14-19,24,31-33,41H,12-13,20-23,25H2,1-3H3,(H,40,49)(H,42,46)(H,43,45)(H,44,50)(H,47,48)/t31-,32-,33+/m0/s1. The Morgan fingerprint density at radius 3 is 1.96 bits per heavy atom. The Morgan fingerprint density at radius 1 is 0.712 bits per heavy atom. The lowest BCUT2D eigenvalue weighted by molar-refractivity contribution is -0.142. The van der Waals surface area contributed by atoms with Crippen LogP contribution in [0.4, 0.5) is 9.59 Å². The molecular formula is C39H47N5O8. The number of hydrogen-bond donors (Lipinski definition) is 6. The van der Waals surface area contributed by atoms with Gasteiger partial charge in [-0.05, 0) is 62.8 Å². The van der Waals surface area contributed by atoms with Gasteiger partial charge >= 0.3 is 18.2 Å². The molecule has 4 aromatic rings. The summed E-state index contributed by atoms with van der Waals surface area (Å²) in [5.74, 6) is -2.59. The van der Waals surface area contributed by atoms with E-state index in [0.29, 0.717) is 12.8 Å². The molecule has 0 aliphatic carbocycles. The van der Waals surface area contributed by atoms with E-state index in [2.05, 4.69) is 26.3 Å². The number of rotatable bonds is 17. The highest BCUT2D eigenvalue weighted by molar-refractivity contribution is 5.94. The van der Waals surface area contributed by atoms with E-state index in [1.165, 1.54) is 0 Å². The molecule has 13 heteroatoms. The van der Waals surface area contributed by atoms with Crippen LogP contribution in [0.1, 0.15) is 56.7 Å². The quantitative estimate of drug-likeness (QED) is 0.0825. The molecule has 1 aromatic heterocycles. The van der Waals surface area contributed by atoms with Gasteiger partial charge in [0.15, 0.2) is 0 Å². The molecule has 0 saturated carbocycles. The number of carbonyl (C=O) groups excluding carboxylic acids is 4. The van der Waals surface area contributed by atoms with E-state index >= 15 is 0 Å². The second-order valence-corrected chi connectivity index (χ2v) is 13.4. The normalized spacial score (nSPS) is 12.9. The van der Waals surface area contributed by atoms with Crippen molar-refractivity contribution in [2.45, 2.75) is 83.2 Å². The molecule has 0 spiro atoms. The summed E-state index contributed by atoms with van der Waals surface area (Å²) in [6, 6.07) is 22.2. The number of alkyl carbamates (subject to hydrolysis) is 2. The van der Waals surface area contributed by atoms with Crippen LogP contribution in [0.15, 0.2) is 91.1 Å². The molecule has 0 radical (unpaired) electrons. The molecule has 52 heavy (non-hydrogen) atoms. The Hall–Kier alpha value is -5.85. The average Bonchev–Trinajstić information content (AvgIpc) is 3.52. The van der Waals surface area contributed by atoms with Gasteiger partial charge in [-0.2, -0.15) is 0 Å². The molecule has 13 nitrogen and oxygen atoms in total. The van der Waals surface area contributed by atoms with E-state index in [1.807, 2.05) is 84.9 Å². The van der Waals surface area contributed by atoms with Crippen LogP contribution in [0.2, 0.25) is 0 Å². The number of unbranched alkanes of at least 4 members (excludes halogenated alkanes) is 1. The molecule has 0 unspecified atom stereocenters. The summed E-state index contributed by atoms with van der Waals surface area (Å²) in [7, 11) is 0. The van der Waals surface area contributed by atoms with Crippen molar-refractivity contribution in [1.29, 1.82) is 0 Å². The largest absolute Gasteiger partial charge is 0.480 e. The minimum absolute atomic E-state index is 0.0352. The van der Waals surface area contributed by atoms with Crippen LogP contribution >= 0.6 is 0 Å². The lowest BCUT2D eigenvalue weighted by Gasteiger charge is -2.26. The van der Waals surface area contributed by atoms with E-state index < -0.39 is 53.7 Å². The van der Waals surface area contributed by atoms with Gasteiger partial charge in [-0.3, -0.25) is 9.59 Å². The van der Waals surface area contributed by atoms with Crippen molar-refractivity contribution in [3.05, 3.63) is 108 Å². The number of benzene rings is 3. The molecule has 0 bridgehead atoms. The number of hydrogen-bond acceptors (Lipinski definition) is 7. The van der Waals surface area contributed by atoms with E-state index in [1.54, 1.807) is 27.0 Å². The minimum atomic E-state index is -1.26. The molecule has 276 valence electrons. The van der Waals surface area contributed by atoms with E-state index in [4.69, 9.17) is 9.47 Å². The van der Waals surface area contributed by atoms with Crippen molar-refractivity contribution in [3.8, 4) is 0 Å². The number of para-hydroxylation sites is 1. The molecule has 0 saturated heterocycles. The van der Waals surface area contributed by atoms with Gasteiger partial charge in [-0.25, -0.2) is 14.4 Å². The second kappa shape index (κ2) is 18.9. The van der Waals surface area contributed by atoms with Crippen molar-refractivity contribution in [3.63, 3.8) is 0 Å². The topological polar surface area (TPSA) is 188 Å². The van der Waals surface area contributed by atoms with Gasteiger partial charge in [0.25, 0.3) is 0 Å². The lowest BCUT2D eigenvalue weighted by atomic mass is 10.0. The third-order valence-corrected chi connectivity index (χ3v) is 8.04. The Morgan fingerprint density at radius 2 is 1.31 bits per heavy atom. The Bertz CT molecular complexity index is 1790. The highest BCUT2D eigenvalue weighted by atomic mass is 16.6. The molecular weight excluding hydrogens is 666 g/mol. The molecule has 0 fully saturated rings. The molecule has 4 rings (SSSR count). The number of carboxylic acid groups (broad SMARTS) is 1. The smallest absolute Gasteiger partial charge is 0.408 e. The first-order valence-corrected chi connectivity index (χ1v) is 17.2. The fourth-order valence-corrected chi connectivity index (χ4v) is 5.48. The van der Waals surface area contributed by atoms with Crippen molar-refractivity contribution in [2.75, 3.05) is 6.54 Å². The average molecular weight is 714 g/mol. The summed E-state index contributed by atoms with van der Waals surface area (Å²) in [6.45, 7) is 5.49. The molecule has 3 atom stereocenters. The van der Waals surface area contributed by atoms with E-state index in [9.17, 15) is 29.1 Å². The van der Waals surface area contributed by atoms with Crippen LogP contribution in [-0.4, -0.2) is 70.3 Å². The molecule has 1 heterocycles. The number of aromatic nitrogens is 1. The van der Waals surface area contributed by atoms with Gasteiger partial charge in [-0.15, -0.1) is 0 Å². The molecule has 0 aliphatic heterocycles. The van der Waals surface area contributed by atoms with Gasteiger partial charge in [0.1, 0.15) is 30.3 Å². The fraction of sp³-hybridized carbons (Fsp3) is 0.359. The van der Waals surface area contributed by atoms with E-state index in [0.717, 1.165) is 27.6 Å². The van der Waals surface area contributed by atoms with Crippen LogP contribution in [0.5, 0.6) is 0 Å². The Balaban J connectivity index is 1.42. The predicted molar refractivity (Wildman–Crippen MR) is 195 cm³/mol. The number of nitrogens with one attached hydrogen (secondary N) is 5. The van der Waals surface area contributed by atoms with Gasteiger partial charge in [0.2, 0.25) is 11.8 Å². The predicted octanol–water partition coefficient (Wildman–Crippen LogP) is 5.00. The fourth-order valence-electron chi connectivity index (χ4n) is 5.48. The van der Waals surface area contributed by atoms with Gasteiger partial charge in [0, 0.05) is 36.5 Å². The van der Waals surface area contributed by atoms with Crippen LogP contribution in [0.3, 0.4) is 0 Å². The monoisotopic (exact) mass is 713 g/mol. The third kappa shape index (κ3) is 12.8. The van der Waals surface area contributed by atoms with Crippen LogP contribution in [0, 0.1) is 0 Å². The first-order valence-electron chi connectivity index (χ1n) is 17.2. The molecule has 0 aliphatic rings. The summed E-state index contributed by atoms with van der Waals surface area (Å²) < 4.78 is 10.6. The van der Waals surface area contributed by atoms with Crippen LogP contribution in [-0.2, 0) is 43.3 Å². The number of aliphatic carboxylic acids is 1. The maximum Gasteiger partial charge on any atom is 0.408 e.